The molecule has 6 heteroatoms. The summed E-state index contributed by atoms with van der Waals surface area (Å²) in [5.74, 6) is 0. The van der Waals surface area contributed by atoms with E-state index in [9.17, 15) is 9.59 Å². The molecule has 6 nitrogen and oxygen atoms in total. The van der Waals surface area contributed by atoms with Crippen molar-refractivity contribution in [3.8, 4) is 0 Å². The van der Waals surface area contributed by atoms with Crippen LogP contribution in [0.5, 0.6) is 0 Å². The summed E-state index contributed by atoms with van der Waals surface area (Å²) < 4.78 is 8.27. The van der Waals surface area contributed by atoms with E-state index in [2.05, 4.69) is 0 Å². The van der Waals surface area contributed by atoms with E-state index in [0.717, 1.165) is 0 Å². The lowest BCUT2D eigenvalue weighted by Gasteiger charge is -2.19. The minimum Gasteiger partial charge on any atom is -0.374 e. The van der Waals surface area contributed by atoms with Crippen LogP contribution in [0.25, 0.3) is 0 Å². The molecule has 0 saturated carbocycles. The summed E-state index contributed by atoms with van der Waals surface area (Å²) in [5.41, 5.74) is 4.57. The van der Waals surface area contributed by atoms with Crippen LogP contribution >= 0.6 is 0 Å². The van der Waals surface area contributed by atoms with Crippen LogP contribution in [-0.4, -0.2) is 27.9 Å². The first-order chi connectivity index (χ1) is 8.85. The van der Waals surface area contributed by atoms with Gasteiger partial charge in [0.05, 0.1) is 18.8 Å². The number of hydrogen-bond acceptors (Lipinski definition) is 4. The lowest BCUT2D eigenvalue weighted by atomic mass is 10.2. The molecule has 0 fully saturated rings. The standard InChI is InChI=1S/C13H23N3O3/c1-13(2,3)19-10-9-15-8-5-11(17)16(12(15)18)7-4-6-14/h5,8H,4,6-7,9-10,14H2,1-3H3. The molecule has 0 aliphatic carbocycles. The van der Waals surface area contributed by atoms with Gasteiger partial charge in [0.15, 0.2) is 0 Å². The van der Waals surface area contributed by atoms with Crippen molar-refractivity contribution in [3.05, 3.63) is 33.1 Å². The quantitative estimate of drug-likeness (QED) is 0.798. The van der Waals surface area contributed by atoms with Crippen LogP contribution in [-0.2, 0) is 17.8 Å². The topological polar surface area (TPSA) is 79.2 Å². The van der Waals surface area contributed by atoms with Gasteiger partial charge in [-0.1, -0.05) is 0 Å². The zero-order chi connectivity index (χ0) is 14.5. The van der Waals surface area contributed by atoms with E-state index in [-0.39, 0.29) is 16.9 Å². The maximum absolute atomic E-state index is 12.1. The summed E-state index contributed by atoms with van der Waals surface area (Å²) in [4.78, 5) is 23.7. The van der Waals surface area contributed by atoms with E-state index >= 15 is 0 Å². The number of hydrogen-bond donors (Lipinski definition) is 1. The first kappa shape index (κ1) is 15.7. The number of nitrogens with two attached hydrogens (primary N) is 1. The molecule has 0 unspecified atom stereocenters. The van der Waals surface area contributed by atoms with Crippen molar-refractivity contribution in [1.29, 1.82) is 0 Å². The van der Waals surface area contributed by atoms with Crippen LogP contribution in [0.3, 0.4) is 0 Å². The fourth-order valence-electron chi connectivity index (χ4n) is 1.63. The van der Waals surface area contributed by atoms with Crippen molar-refractivity contribution < 1.29 is 4.74 Å². The predicted molar refractivity (Wildman–Crippen MR) is 74.3 cm³/mol. The van der Waals surface area contributed by atoms with Crippen molar-refractivity contribution in [2.45, 2.75) is 45.9 Å². The highest BCUT2D eigenvalue weighted by Crippen LogP contribution is 2.05. The fraction of sp³-hybridized carbons (Fsp3) is 0.692. The van der Waals surface area contributed by atoms with Gasteiger partial charge >= 0.3 is 5.69 Å². The summed E-state index contributed by atoms with van der Waals surface area (Å²) in [6.07, 6.45) is 2.12. The molecule has 1 aromatic heterocycles. The Morgan fingerprint density at radius 3 is 2.53 bits per heavy atom. The molecular weight excluding hydrogens is 246 g/mol. The maximum Gasteiger partial charge on any atom is 0.331 e. The highest BCUT2D eigenvalue weighted by Gasteiger charge is 2.10. The molecule has 0 bridgehead atoms. The molecule has 1 heterocycles. The Balaban J connectivity index is 2.80. The highest BCUT2D eigenvalue weighted by atomic mass is 16.5. The normalized spacial score (nSPS) is 11.8. The van der Waals surface area contributed by atoms with Gasteiger partial charge in [-0.05, 0) is 33.7 Å². The smallest absolute Gasteiger partial charge is 0.331 e. The molecule has 0 aromatic carbocycles. The van der Waals surface area contributed by atoms with Crippen molar-refractivity contribution in [1.82, 2.24) is 9.13 Å². The molecule has 0 aliphatic heterocycles. The molecule has 108 valence electrons. The number of ether oxygens (including phenoxy) is 1. The van der Waals surface area contributed by atoms with E-state index in [1.54, 1.807) is 0 Å². The van der Waals surface area contributed by atoms with Crippen LogP contribution in [0.4, 0.5) is 0 Å². The van der Waals surface area contributed by atoms with Crippen molar-refractivity contribution in [2.75, 3.05) is 13.2 Å². The van der Waals surface area contributed by atoms with Gasteiger partial charge in [-0.15, -0.1) is 0 Å². The van der Waals surface area contributed by atoms with E-state index in [4.69, 9.17) is 10.5 Å². The minimum absolute atomic E-state index is 0.238. The third-order valence-electron chi connectivity index (χ3n) is 2.59. The number of aromatic nitrogens is 2. The van der Waals surface area contributed by atoms with Crippen LogP contribution in [0, 0.1) is 0 Å². The molecule has 0 amide bonds. The van der Waals surface area contributed by atoms with Gasteiger partial charge in [0.25, 0.3) is 5.56 Å². The number of nitrogens with zero attached hydrogens (tertiary/aromatic N) is 2. The predicted octanol–water partition coefficient (Wildman–Crippen LogP) is 0.174. The summed E-state index contributed by atoms with van der Waals surface area (Å²) >= 11 is 0. The van der Waals surface area contributed by atoms with Crippen molar-refractivity contribution in [2.24, 2.45) is 5.73 Å². The Labute approximate surface area is 112 Å². The average molecular weight is 269 g/mol. The highest BCUT2D eigenvalue weighted by molar-refractivity contribution is 4.86. The minimum atomic E-state index is -0.307. The molecule has 0 radical (unpaired) electrons. The van der Waals surface area contributed by atoms with Gasteiger partial charge in [0, 0.05) is 18.8 Å². The fourth-order valence-corrected chi connectivity index (χ4v) is 1.63. The van der Waals surface area contributed by atoms with Crippen molar-refractivity contribution >= 4 is 0 Å². The van der Waals surface area contributed by atoms with Crippen LogP contribution in [0.2, 0.25) is 0 Å². The van der Waals surface area contributed by atoms with Gasteiger partial charge < -0.3 is 10.5 Å². The van der Waals surface area contributed by atoms with E-state index in [1.807, 2.05) is 20.8 Å². The molecule has 0 saturated heterocycles. The largest absolute Gasteiger partial charge is 0.374 e. The van der Waals surface area contributed by atoms with E-state index in [1.165, 1.54) is 21.4 Å². The maximum atomic E-state index is 12.1. The van der Waals surface area contributed by atoms with Crippen LogP contribution in [0.1, 0.15) is 27.2 Å². The second-order valence-electron chi connectivity index (χ2n) is 5.38. The first-order valence-corrected chi connectivity index (χ1v) is 6.49. The van der Waals surface area contributed by atoms with E-state index < -0.39 is 0 Å². The van der Waals surface area contributed by atoms with Gasteiger partial charge in [0.2, 0.25) is 0 Å². The lowest BCUT2D eigenvalue weighted by molar-refractivity contribution is -0.00737. The Hall–Kier alpha value is -1.40. The third-order valence-corrected chi connectivity index (χ3v) is 2.59. The van der Waals surface area contributed by atoms with Gasteiger partial charge in [-0.2, -0.15) is 0 Å². The molecule has 1 aromatic rings. The van der Waals surface area contributed by atoms with Gasteiger partial charge in [-0.25, -0.2) is 4.79 Å². The molecule has 19 heavy (non-hydrogen) atoms. The summed E-state index contributed by atoms with van der Waals surface area (Å²) in [6, 6.07) is 1.40. The summed E-state index contributed by atoms with van der Waals surface area (Å²) in [7, 11) is 0. The zero-order valence-corrected chi connectivity index (χ0v) is 11.9. The summed E-state index contributed by atoms with van der Waals surface area (Å²) in [6.45, 7) is 7.54. The van der Waals surface area contributed by atoms with E-state index in [0.29, 0.717) is 32.7 Å². The molecule has 1 rings (SSSR count). The SMILES string of the molecule is CC(C)(C)OCCn1ccc(=O)n(CCCN)c1=O. The van der Waals surface area contributed by atoms with Crippen molar-refractivity contribution in [3.63, 3.8) is 0 Å². The Morgan fingerprint density at radius 2 is 1.95 bits per heavy atom. The monoisotopic (exact) mass is 269 g/mol. The Kier molecular flexibility index (Phi) is 5.50. The Morgan fingerprint density at radius 1 is 1.26 bits per heavy atom. The molecule has 0 aliphatic rings. The molecule has 2 N–H and O–H groups in total. The molecule has 0 atom stereocenters. The van der Waals surface area contributed by atoms with Crippen LogP contribution < -0.4 is 17.0 Å². The average Bonchev–Trinajstić information content (AvgIpc) is 2.30. The third kappa shape index (κ3) is 5.00. The van der Waals surface area contributed by atoms with Crippen LogP contribution in [0.15, 0.2) is 21.9 Å². The number of rotatable bonds is 6. The van der Waals surface area contributed by atoms with Gasteiger partial charge in [-0.3, -0.25) is 13.9 Å². The van der Waals surface area contributed by atoms with Gasteiger partial charge in [0.1, 0.15) is 0 Å². The molecular formula is C13H23N3O3. The first-order valence-electron chi connectivity index (χ1n) is 6.49. The summed E-state index contributed by atoms with van der Waals surface area (Å²) in [5, 5.41) is 0. The second-order valence-corrected chi connectivity index (χ2v) is 5.38. The lowest BCUT2D eigenvalue weighted by Crippen LogP contribution is -2.40. The second kappa shape index (κ2) is 6.68. The molecule has 0 spiro atoms. The Bertz CT molecular complexity index is 511. The zero-order valence-electron chi connectivity index (χ0n) is 11.9.